The molecule has 0 saturated carbocycles. The number of para-hydroxylation sites is 2. The van der Waals surface area contributed by atoms with Crippen LogP contribution in [0.2, 0.25) is 0 Å². The molecule has 0 aliphatic heterocycles. The van der Waals surface area contributed by atoms with Crippen LogP contribution in [0.1, 0.15) is 0 Å². The van der Waals surface area contributed by atoms with E-state index in [-0.39, 0.29) is 11.6 Å². The summed E-state index contributed by atoms with van der Waals surface area (Å²) < 4.78 is 0. The normalized spacial score (nSPS) is 12.6. The van der Waals surface area contributed by atoms with E-state index in [0.717, 1.165) is 11.4 Å². The number of benzene rings is 2. The largest absolute Gasteiger partial charge is 0.356 e. The van der Waals surface area contributed by atoms with E-state index in [1.54, 1.807) is 0 Å². The van der Waals surface area contributed by atoms with E-state index in [1.807, 2.05) is 60.7 Å². The molecule has 104 valence electrons. The average Bonchev–Trinajstić information content (AvgIpc) is 2.53. The molecule has 0 unspecified atom stereocenters. The predicted octanol–water partition coefficient (Wildman–Crippen LogP) is 3.68. The molecule has 0 aromatic heterocycles. The summed E-state index contributed by atoms with van der Waals surface area (Å²) in [7, 11) is 0. The van der Waals surface area contributed by atoms with Gasteiger partial charge < -0.3 is 5.32 Å². The molecular weight excluding hydrogens is 262 g/mol. The van der Waals surface area contributed by atoms with Crippen molar-refractivity contribution in [3.8, 4) is 0 Å². The van der Waals surface area contributed by atoms with Gasteiger partial charge in [-0.15, -0.1) is 0 Å². The molecule has 0 spiro atoms. The van der Waals surface area contributed by atoms with Crippen molar-refractivity contribution in [2.75, 3.05) is 5.32 Å². The average molecular weight is 277 g/mol. The fourth-order valence-electron chi connectivity index (χ4n) is 1.65. The number of hydrogen-bond donors (Lipinski definition) is 1. The Labute approximate surface area is 123 Å². The molecule has 3 nitrogen and oxygen atoms in total. The molecule has 0 heterocycles. The van der Waals surface area contributed by atoms with Crippen molar-refractivity contribution >= 4 is 22.9 Å². The van der Waals surface area contributed by atoms with Gasteiger partial charge in [0.15, 0.2) is 11.6 Å². The minimum absolute atomic E-state index is 0.121. The highest BCUT2D eigenvalue weighted by Gasteiger charge is 1.97. The van der Waals surface area contributed by atoms with E-state index in [0.29, 0.717) is 0 Å². The summed E-state index contributed by atoms with van der Waals surface area (Å²) >= 11 is 0. The van der Waals surface area contributed by atoms with Crippen molar-refractivity contribution in [1.29, 1.82) is 0 Å². The van der Waals surface area contributed by atoms with Crippen molar-refractivity contribution in [3.05, 3.63) is 85.0 Å². The predicted molar refractivity (Wildman–Crippen MR) is 84.5 cm³/mol. The molecule has 21 heavy (non-hydrogen) atoms. The van der Waals surface area contributed by atoms with Crippen LogP contribution in [0, 0.1) is 0 Å². The number of carbonyl (C=O) groups is 2. The first-order valence-corrected chi connectivity index (χ1v) is 6.55. The summed E-state index contributed by atoms with van der Waals surface area (Å²) in [5, 5.41) is 3.30. The number of nitrogens with one attached hydrogen (secondary N) is 1. The van der Waals surface area contributed by atoms with Crippen LogP contribution in [-0.2, 0) is 9.59 Å². The number of hydrogen-bond acceptors (Lipinski definition) is 3. The summed E-state index contributed by atoms with van der Waals surface area (Å²) in [4.78, 5) is 20.6. The van der Waals surface area contributed by atoms with Gasteiger partial charge in [-0.05, 0) is 48.6 Å². The van der Waals surface area contributed by atoms with E-state index in [1.165, 1.54) is 24.3 Å². The summed E-state index contributed by atoms with van der Waals surface area (Å²) in [5.74, 6) is -0.241. The van der Waals surface area contributed by atoms with Gasteiger partial charge in [-0.3, -0.25) is 9.59 Å². The van der Waals surface area contributed by atoms with Crippen molar-refractivity contribution in [3.63, 3.8) is 0 Å². The highest BCUT2D eigenvalue weighted by atomic mass is 16.1. The number of ketones is 2. The molecule has 1 aliphatic carbocycles. The van der Waals surface area contributed by atoms with E-state index < -0.39 is 0 Å². The summed E-state index contributed by atoms with van der Waals surface area (Å²) in [6.45, 7) is 0. The lowest BCUT2D eigenvalue weighted by Crippen LogP contribution is -1.97. The van der Waals surface area contributed by atoms with Crippen molar-refractivity contribution in [2.24, 2.45) is 0 Å². The molecule has 2 aromatic carbocycles. The molecule has 0 saturated heterocycles. The van der Waals surface area contributed by atoms with E-state index in [2.05, 4.69) is 5.32 Å². The number of carbonyl (C=O) groups excluding carboxylic acids is 2. The topological polar surface area (TPSA) is 46.2 Å². The van der Waals surface area contributed by atoms with Gasteiger partial charge in [0.25, 0.3) is 0 Å². The van der Waals surface area contributed by atoms with Crippen LogP contribution in [0.25, 0.3) is 0 Å². The van der Waals surface area contributed by atoms with Crippen molar-refractivity contribution in [1.82, 2.24) is 0 Å². The fourth-order valence-corrected chi connectivity index (χ4v) is 1.65. The van der Waals surface area contributed by atoms with Crippen LogP contribution >= 0.6 is 0 Å². The SMILES string of the molecule is O=C1C=CC(=O)C=C1.c1ccc(Nc2ccccc2)cc1. The van der Waals surface area contributed by atoms with Crippen LogP contribution in [0.15, 0.2) is 85.0 Å². The van der Waals surface area contributed by atoms with Crippen molar-refractivity contribution in [2.45, 2.75) is 0 Å². The van der Waals surface area contributed by atoms with Crippen LogP contribution in [0.4, 0.5) is 11.4 Å². The number of anilines is 2. The Morgan fingerprint density at radius 3 is 1.19 bits per heavy atom. The third kappa shape index (κ3) is 5.28. The summed E-state index contributed by atoms with van der Waals surface area (Å²) in [6, 6.07) is 20.3. The first kappa shape index (κ1) is 14.5. The van der Waals surface area contributed by atoms with Crippen LogP contribution in [0.3, 0.4) is 0 Å². The standard InChI is InChI=1S/C12H11N.C6H4O2/c1-3-7-11(8-4-1)13-12-9-5-2-6-10-12;7-5-1-2-6(8)4-3-5/h1-10,13H;1-4H. The summed E-state index contributed by atoms with van der Waals surface area (Å²) in [5.41, 5.74) is 2.24. The zero-order chi connectivity index (χ0) is 14.9. The second-order valence-electron chi connectivity index (χ2n) is 4.33. The van der Waals surface area contributed by atoms with Gasteiger partial charge >= 0.3 is 0 Å². The second kappa shape index (κ2) is 7.60. The maximum atomic E-state index is 10.3. The Kier molecular flexibility index (Phi) is 5.24. The fraction of sp³-hybridized carbons (Fsp3) is 0. The molecule has 0 radical (unpaired) electrons. The molecule has 1 aliphatic rings. The van der Waals surface area contributed by atoms with E-state index >= 15 is 0 Å². The lowest BCUT2D eigenvalue weighted by molar-refractivity contribution is -0.113. The second-order valence-corrected chi connectivity index (χ2v) is 4.33. The quantitative estimate of drug-likeness (QED) is 0.852. The molecule has 0 amide bonds. The number of allylic oxidation sites excluding steroid dienone is 4. The maximum Gasteiger partial charge on any atom is 0.178 e. The first-order valence-electron chi connectivity index (χ1n) is 6.55. The zero-order valence-corrected chi connectivity index (χ0v) is 11.4. The van der Waals surface area contributed by atoms with Gasteiger partial charge in [-0.25, -0.2) is 0 Å². The van der Waals surface area contributed by atoms with Gasteiger partial charge in [0.2, 0.25) is 0 Å². The third-order valence-corrected chi connectivity index (χ3v) is 2.66. The van der Waals surface area contributed by atoms with Crippen molar-refractivity contribution < 1.29 is 9.59 Å². The van der Waals surface area contributed by atoms with Crippen LogP contribution in [-0.4, -0.2) is 11.6 Å². The van der Waals surface area contributed by atoms with E-state index in [9.17, 15) is 9.59 Å². The maximum absolute atomic E-state index is 10.3. The van der Waals surface area contributed by atoms with Crippen LogP contribution < -0.4 is 5.32 Å². The Morgan fingerprint density at radius 1 is 0.524 bits per heavy atom. The van der Waals surface area contributed by atoms with E-state index in [4.69, 9.17) is 0 Å². The smallest absolute Gasteiger partial charge is 0.178 e. The molecule has 0 bridgehead atoms. The van der Waals surface area contributed by atoms with Gasteiger partial charge in [0, 0.05) is 11.4 Å². The van der Waals surface area contributed by atoms with Crippen LogP contribution in [0.5, 0.6) is 0 Å². The monoisotopic (exact) mass is 277 g/mol. The Hall–Kier alpha value is -2.94. The number of rotatable bonds is 2. The molecule has 2 aromatic rings. The zero-order valence-electron chi connectivity index (χ0n) is 11.4. The lowest BCUT2D eigenvalue weighted by atomic mass is 10.2. The molecule has 0 fully saturated rings. The summed E-state index contributed by atoms with van der Waals surface area (Å²) in [6.07, 6.45) is 5.01. The van der Waals surface area contributed by atoms with Gasteiger partial charge in [-0.2, -0.15) is 0 Å². The minimum Gasteiger partial charge on any atom is -0.356 e. The Balaban J connectivity index is 0.000000173. The highest BCUT2D eigenvalue weighted by molar-refractivity contribution is 6.14. The Morgan fingerprint density at radius 2 is 0.857 bits per heavy atom. The molecular formula is C18H15NO2. The van der Waals surface area contributed by atoms with Gasteiger partial charge in [0.1, 0.15) is 0 Å². The molecule has 3 heteroatoms. The van der Waals surface area contributed by atoms with Gasteiger partial charge in [0.05, 0.1) is 0 Å². The highest BCUT2D eigenvalue weighted by Crippen LogP contribution is 2.14. The van der Waals surface area contributed by atoms with Gasteiger partial charge in [-0.1, -0.05) is 36.4 Å². The first-order chi connectivity index (χ1) is 10.2. The third-order valence-electron chi connectivity index (χ3n) is 2.66. The molecule has 1 N–H and O–H groups in total. The lowest BCUT2D eigenvalue weighted by Gasteiger charge is -2.04. The molecule has 3 rings (SSSR count). The minimum atomic E-state index is -0.121. The molecule has 0 atom stereocenters. The Bertz CT molecular complexity index is 583.